The highest BCUT2D eigenvalue weighted by Crippen LogP contribution is 2.45. The van der Waals surface area contributed by atoms with Crippen molar-refractivity contribution in [2.75, 3.05) is 19.6 Å². The number of amides is 1. The molecule has 6 heteroatoms. The number of carbonyl (C=O) groups excluding carboxylic acids is 1. The molecule has 1 saturated carbocycles. The third kappa shape index (κ3) is 1.64. The quantitative estimate of drug-likeness (QED) is 0.693. The lowest BCUT2D eigenvalue weighted by atomic mass is 9.66. The van der Waals surface area contributed by atoms with E-state index in [-0.39, 0.29) is 17.9 Å². The number of rotatable bonds is 0. The molecule has 0 aromatic carbocycles. The van der Waals surface area contributed by atoms with Crippen LogP contribution in [0.5, 0.6) is 0 Å². The summed E-state index contributed by atoms with van der Waals surface area (Å²) in [5.41, 5.74) is 0. The van der Waals surface area contributed by atoms with Gasteiger partial charge in [0.1, 0.15) is 0 Å². The predicted octanol–water partition coefficient (Wildman–Crippen LogP) is 1.01. The summed E-state index contributed by atoms with van der Waals surface area (Å²) in [6.07, 6.45) is -3.02. The summed E-state index contributed by atoms with van der Waals surface area (Å²) in [5, 5.41) is 3.24. The van der Waals surface area contributed by atoms with Gasteiger partial charge in [0.15, 0.2) is 0 Å². The maximum atomic E-state index is 12.5. The molecule has 0 aromatic rings. The largest absolute Gasteiger partial charge is 0.471 e. The minimum absolute atomic E-state index is 0.200. The van der Waals surface area contributed by atoms with Gasteiger partial charge in [-0.2, -0.15) is 13.2 Å². The van der Waals surface area contributed by atoms with Crippen molar-refractivity contribution >= 4 is 5.91 Å². The van der Waals surface area contributed by atoms with Crippen LogP contribution in [0.25, 0.3) is 0 Å². The number of carbonyl (C=O) groups is 1. The summed E-state index contributed by atoms with van der Waals surface area (Å²) in [7, 11) is 0. The van der Waals surface area contributed by atoms with Crippen LogP contribution in [0, 0.1) is 17.8 Å². The molecule has 96 valence electrons. The Morgan fingerprint density at radius 3 is 2.59 bits per heavy atom. The Kier molecular flexibility index (Phi) is 2.40. The molecule has 3 aliphatic heterocycles. The molecule has 3 saturated heterocycles. The van der Waals surface area contributed by atoms with Gasteiger partial charge in [-0.15, -0.1) is 0 Å². The van der Waals surface area contributed by atoms with Crippen LogP contribution in [0.3, 0.4) is 0 Å². The Morgan fingerprint density at radius 2 is 1.88 bits per heavy atom. The van der Waals surface area contributed by atoms with E-state index in [1.165, 1.54) is 0 Å². The molecule has 0 aromatic heterocycles. The Labute approximate surface area is 97.3 Å². The van der Waals surface area contributed by atoms with Crippen LogP contribution >= 0.6 is 0 Å². The first-order valence-electron chi connectivity index (χ1n) is 6.07. The minimum Gasteiger partial charge on any atom is -0.331 e. The first-order valence-corrected chi connectivity index (χ1v) is 6.07. The monoisotopic (exact) mass is 248 g/mol. The van der Waals surface area contributed by atoms with Crippen molar-refractivity contribution in [1.82, 2.24) is 10.2 Å². The summed E-state index contributed by atoms with van der Waals surface area (Å²) < 4.78 is 37.5. The van der Waals surface area contributed by atoms with Gasteiger partial charge in [0, 0.05) is 19.1 Å². The van der Waals surface area contributed by atoms with Crippen LogP contribution in [0.4, 0.5) is 13.2 Å². The van der Waals surface area contributed by atoms with Gasteiger partial charge in [0.2, 0.25) is 0 Å². The second-order valence-corrected chi connectivity index (χ2v) is 5.35. The standard InChI is InChI=1S/C11H15F3N2O/c12-11(13,14)10(17)16-5-6-1-2-9(16)8-4-15-3-7(6)8/h6-9,15H,1-5H2/t6-,7-,8-,9+/m1/s1. The van der Waals surface area contributed by atoms with Crippen LogP contribution in [-0.2, 0) is 4.79 Å². The fourth-order valence-electron chi connectivity index (χ4n) is 3.87. The van der Waals surface area contributed by atoms with Crippen molar-refractivity contribution < 1.29 is 18.0 Å². The van der Waals surface area contributed by atoms with Gasteiger partial charge in [0.25, 0.3) is 0 Å². The van der Waals surface area contributed by atoms with Crippen molar-refractivity contribution in [2.45, 2.75) is 25.1 Å². The van der Waals surface area contributed by atoms with Gasteiger partial charge in [-0.1, -0.05) is 0 Å². The molecule has 1 N–H and O–H groups in total. The first-order chi connectivity index (χ1) is 7.98. The zero-order chi connectivity index (χ0) is 12.2. The average molecular weight is 248 g/mol. The Hall–Kier alpha value is -0.780. The number of halogens is 3. The number of alkyl halides is 3. The van der Waals surface area contributed by atoms with Crippen LogP contribution in [0.2, 0.25) is 0 Å². The summed E-state index contributed by atoms with van der Waals surface area (Å²) in [6.45, 7) is 1.96. The zero-order valence-corrected chi connectivity index (χ0v) is 9.33. The Morgan fingerprint density at radius 1 is 1.18 bits per heavy atom. The minimum atomic E-state index is -4.72. The van der Waals surface area contributed by atoms with E-state index in [4.69, 9.17) is 0 Å². The first kappa shape index (κ1) is 11.3. The second kappa shape index (κ2) is 3.60. The number of hydrogen-bond acceptors (Lipinski definition) is 2. The molecule has 2 bridgehead atoms. The summed E-state index contributed by atoms with van der Waals surface area (Å²) in [4.78, 5) is 12.5. The van der Waals surface area contributed by atoms with E-state index in [2.05, 4.69) is 5.32 Å². The molecular formula is C11H15F3N2O. The molecule has 0 spiro atoms. The highest BCUT2D eigenvalue weighted by atomic mass is 19.4. The number of fused-ring (bicyclic) bond motifs is 2. The molecule has 1 aliphatic carbocycles. The van der Waals surface area contributed by atoms with E-state index >= 15 is 0 Å². The smallest absolute Gasteiger partial charge is 0.331 e. The van der Waals surface area contributed by atoms with Crippen molar-refractivity contribution in [2.24, 2.45) is 17.8 Å². The van der Waals surface area contributed by atoms with Crippen LogP contribution in [0.15, 0.2) is 0 Å². The number of nitrogens with one attached hydrogen (secondary N) is 1. The summed E-state index contributed by atoms with van der Waals surface area (Å²) in [6, 6.07) is -0.200. The van der Waals surface area contributed by atoms with Crippen molar-refractivity contribution in [1.29, 1.82) is 0 Å². The normalized spacial score (nSPS) is 40.5. The van der Waals surface area contributed by atoms with E-state index in [0.717, 1.165) is 30.8 Å². The lowest BCUT2D eigenvalue weighted by Crippen LogP contribution is -2.61. The van der Waals surface area contributed by atoms with Gasteiger partial charge < -0.3 is 10.2 Å². The molecule has 4 fully saturated rings. The molecule has 4 atom stereocenters. The van der Waals surface area contributed by atoms with E-state index in [1.54, 1.807) is 0 Å². The average Bonchev–Trinajstić information content (AvgIpc) is 2.77. The topological polar surface area (TPSA) is 32.3 Å². The zero-order valence-electron chi connectivity index (χ0n) is 9.33. The maximum Gasteiger partial charge on any atom is 0.471 e. The van der Waals surface area contributed by atoms with Crippen LogP contribution in [0.1, 0.15) is 12.8 Å². The van der Waals surface area contributed by atoms with Gasteiger partial charge in [-0.3, -0.25) is 4.79 Å². The summed E-state index contributed by atoms with van der Waals surface area (Å²) in [5.74, 6) is -0.677. The Bertz CT molecular complexity index is 344. The van der Waals surface area contributed by atoms with Gasteiger partial charge >= 0.3 is 12.1 Å². The number of hydrogen-bond donors (Lipinski definition) is 1. The number of nitrogens with zero attached hydrogens (tertiary/aromatic N) is 1. The van der Waals surface area contributed by atoms with Gasteiger partial charge in [0.05, 0.1) is 0 Å². The highest BCUT2D eigenvalue weighted by molar-refractivity contribution is 5.82. The molecule has 4 rings (SSSR count). The summed E-state index contributed by atoms with van der Waals surface area (Å²) >= 11 is 0. The maximum absolute atomic E-state index is 12.5. The van der Waals surface area contributed by atoms with E-state index < -0.39 is 12.1 Å². The fraction of sp³-hybridized carbons (Fsp3) is 0.909. The fourth-order valence-corrected chi connectivity index (χ4v) is 3.87. The van der Waals surface area contributed by atoms with Crippen molar-refractivity contribution in [3.63, 3.8) is 0 Å². The van der Waals surface area contributed by atoms with E-state index in [0.29, 0.717) is 12.5 Å². The van der Waals surface area contributed by atoms with E-state index in [9.17, 15) is 18.0 Å². The number of piperidine rings is 2. The molecular weight excluding hydrogens is 233 g/mol. The molecule has 3 nitrogen and oxygen atoms in total. The van der Waals surface area contributed by atoms with Crippen LogP contribution in [-0.4, -0.2) is 42.7 Å². The highest BCUT2D eigenvalue weighted by Gasteiger charge is 2.54. The predicted molar refractivity (Wildman–Crippen MR) is 54.1 cm³/mol. The molecule has 3 heterocycles. The SMILES string of the molecule is O=C(N1C[C@H]2CC[C@H]1[C@@H]1CNC[C@H]21)C(F)(F)F. The van der Waals surface area contributed by atoms with Crippen LogP contribution < -0.4 is 5.32 Å². The molecule has 0 radical (unpaired) electrons. The third-order valence-corrected chi connectivity index (χ3v) is 4.58. The lowest BCUT2D eigenvalue weighted by Gasteiger charge is -2.52. The van der Waals surface area contributed by atoms with Crippen molar-refractivity contribution in [3.05, 3.63) is 0 Å². The molecule has 17 heavy (non-hydrogen) atoms. The molecule has 0 unspecified atom stereocenters. The Balaban J connectivity index is 1.83. The second-order valence-electron chi connectivity index (χ2n) is 5.35. The van der Waals surface area contributed by atoms with Crippen molar-refractivity contribution in [3.8, 4) is 0 Å². The third-order valence-electron chi connectivity index (χ3n) is 4.58. The van der Waals surface area contributed by atoms with E-state index in [1.807, 2.05) is 0 Å². The van der Waals surface area contributed by atoms with Gasteiger partial charge in [-0.05, 0) is 37.1 Å². The molecule has 1 amide bonds. The molecule has 4 aliphatic rings. The lowest BCUT2D eigenvalue weighted by molar-refractivity contribution is -0.196. The van der Waals surface area contributed by atoms with Gasteiger partial charge in [-0.25, -0.2) is 0 Å².